The van der Waals surface area contributed by atoms with Gasteiger partial charge in [-0.1, -0.05) is 23.9 Å². The Morgan fingerprint density at radius 2 is 1.77 bits per heavy atom. The van der Waals surface area contributed by atoms with E-state index in [1.165, 1.54) is 19.2 Å². The molecule has 2 aromatic heterocycles. The van der Waals surface area contributed by atoms with Gasteiger partial charge in [-0.15, -0.1) is 10.2 Å². The van der Waals surface area contributed by atoms with Crippen LogP contribution in [0.15, 0.2) is 70.6 Å². The van der Waals surface area contributed by atoms with Crippen LogP contribution in [0.1, 0.15) is 27.2 Å². The molecule has 0 unspecified atom stereocenters. The second kappa shape index (κ2) is 9.79. The molecule has 7 nitrogen and oxygen atoms in total. The molecule has 0 radical (unpaired) electrons. The molecular formula is C24H20F3N5O2S. The van der Waals surface area contributed by atoms with E-state index in [0.29, 0.717) is 10.4 Å². The number of alkyl halides is 3. The average Bonchev–Trinajstić information content (AvgIpc) is 3.29. The molecule has 11 heteroatoms. The highest BCUT2D eigenvalue weighted by atomic mass is 32.2. The summed E-state index contributed by atoms with van der Waals surface area (Å²) < 4.78 is 47.0. The number of nitrogens with zero attached hydrogens (tertiary/aromatic N) is 4. The number of ether oxygens (including phenoxy) is 1. The Morgan fingerprint density at radius 3 is 2.40 bits per heavy atom. The molecule has 0 atom stereocenters. The van der Waals surface area contributed by atoms with Crippen LogP contribution in [-0.2, 0) is 6.18 Å². The third-order valence-corrected chi connectivity index (χ3v) is 6.19. The van der Waals surface area contributed by atoms with Gasteiger partial charge >= 0.3 is 6.18 Å². The highest BCUT2D eigenvalue weighted by Gasteiger charge is 2.41. The largest absolute Gasteiger partial charge is 0.480 e. The molecule has 0 fully saturated rings. The first-order valence-corrected chi connectivity index (χ1v) is 11.2. The highest BCUT2D eigenvalue weighted by Crippen LogP contribution is 2.34. The maximum atomic E-state index is 13.9. The molecule has 0 saturated heterocycles. The number of aromatic nitrogens is 4. The third-order valence-electron chi connectivity index (χ3n) is 5.02. The molecule has 180 valence electrons. The van der Waals surface area contributed by atoms with E-state index >= 15 is 0 Å². The number of benzene rings is 2. The van der Waals surface area contributed by atoms with Gasteiger partial charge in [-0.05, 0) is 61.4 Å². The fraction of sp³-hybridized carbons (Fsp3) is 0.167. The van der Waals surface area contributed by atoms with Crippen molar-refractivity contribution in [3.8, 4) is 11.7 Å². The summed E-state index contributed by atoms with van der Waals surface area (Å²) >= 11 is 1.57. The SMILES string of the molecule is COc1ccc(-n2ncc(C(=O)Nc3ccc(Sc4cc(C)ccc4C)cc3)c2C(F)(F)F)nn1. The number of aryl methyl sites for hydroxylation is 2. The number of methoxy groups -OCH3 is 1. The van der Waals surface area contributed by atoms with Crippen LogP contribution in [0.25, 0.3) is 5.82 Å². The highest BCUT2D eigenvalue weighted by molar-refractivity contribution is 7.99. The van der Waals surface area contributed by atoms with Crippen molar-refractivity contribution < 1.29 is 22.7 Å². The molecule has 0 saturated carbocycles. The lowest BCUT2D eigenvalue weighted by Crippen LogP contribution is -2.21. The van der Waals surface area contributed by atoms with Crippen molar-refractivity contribution in [2.24, 2.45) is 0 Å². The summed E-state index contributed by atoms with van der Waals surface area (Å²) in [6, 6.07) is 15.6. The standard InChI is InChI=1S/C24H20F3N5O2S/c1-14-4-5-15(2)19(12-14)35-17-8-6-16(7-9-17)29-23(33)18-13-28-32(22(18)24(25,26)27)20-10-11-21(34-3)31-30-20/h4-13H,1-3H3,(H,29,33). The van der Waals surface area contributed by atoms with Crippen molar-refractivity contribution >= 4 is 23.4 Å². The van der Waals surface area contributed by atoms with Gasteiger partial charge in [0.15, 0.2) is 11.5 Å². The summed E-state index contributed by atoms with van der Waals surface area (Å²) in [6.45, 7) is 4.03. The van der Waals surface area contributed by atoms with Crippen LogP contribution in [0, 0.1) is 13.8 Å². The molecule has 0 spiro atoms. The first-order chi connectivity index (χ1) is 16.7. The zero-order valence-electron chi connectivity index (χ0n) is 18.9. The number of amides is 1. The van der Waals surface area contributed by atoms with E-state index in [1.54, 1.807) is 36.0 Å². The number of rotatable bonds is 6. The predicted octanol–water partition coefficient (Wildman–Crippen LogP) is 5.71. The van der Waals surface area contributed by atoms with Crippen molar-refractivity contribution in [3.05, 3.63) is 83.2 Å². The minimum atomic E-state index is -4.86. The van der Waals surface area contributed by atoms with E-state index in [-0.39, 0.29) is 11.7 Å². The van der Waals surface area contributed by atoms with Crippen LogP contribution in [0.3, 0.4) is 0 Å². The van der Waals surface area contributed by atoms with Crippen LogP contribution >= 0.6 is 11.8 Å². The smallest absolute Gasteiger partial charge is 0.434 e. The Hall–Kier alpha value is -3.86. The van der Waals surface area contributed by atoms with Crippen LogP contribution in [0.4, 0.5) is 18.9 Å². The van der Waals surface area contributed by atoms with Crippen LogP contribution in [0.2, 0.25) is 0 Å². The summed E-state index contributed by atoms with van der Waals surface area (Å²) in [6.07, 6.45) is -4.01. The number of halogens is 3. The minimum Gasteiger partial charge on any atom is -0.480 e. The molecule has 35 heavy (non-hydrogen) atoms. The quantitative estimate of drug-likeness (QED) is 0.366. The zero-order valence-corrected chi connectivity index (χ0v) is 19.7. The molecular weight excluding hydrogens is 479 g/mol. The Labute approximate surface area is 203 Å². The van der Waals surface area contributed by atoms with Gasteiger partial charge in [-0.2, -0.15) is 18.3 Å². The van der Waals surface area contributed by atoms with Crippen LogP contribution in [0.5, 0.6) is 5.88 Å². The summed E-state index contributed by atoms with van der Waals surface area (Å²) in [4.78, 5) is 14.8. The Kier molecular flexibility index (Phi) is 6.79. The number of carbonyl (C=O) groups excluding carboxylic acids is 1. The molecule has 0 bridgehead atoms. The van der Waals surface area contributed by atoms with Gasteiger partial charge in [-0.25, -0.2) is 4.68 Å². The molecule has 2 aromatic carbocycles. The number of anilines is 1. The maximum absolute atomic E-state index is 13.9. The van der Waals surface area contributed by atoms with Gasteiger partial charge in [0.25, 0.3) is 5.91 Å². The van der Waals surface area contributed by atoms with Gasteiger partial charge in [0.05, 0.1) is 18.9 Å². The molecule has 0 aliphatic rings. The van der Waals surface area contributed by atoms with Crippen molar-refractivity contribution in [3.63, 3.8) is 0 Å². The van der Waals surface area contributed by atoms with Crippen LogP contribution in [-0.4, -0.2) is 33.0 Å². The number of nitrogens with one attached hydrogen (secondary N) is 1. The van der Waals surface area contributed by atoms with Crippen molar-refractivity contribution in [2.45, 2.75) is 29.8 Å². The topological polar surface area (TPSA) is 81.9 Å². The Bertz CT molecular complexity index is 1350. The first-order valence-electron chi connectivity index (χ1n) is 10.4. The van der Waals surface area contributed by atoms with E-state index in [9.17, 15) is 18.0 Å². The molecule has 1 amide bonds. The summed E-state index contributed by atoms with van der Waals surface area (Å²) in [5, 5.41) is 13.6. The molecule has 1 N–H and O–H groups in total. The second-order valence-electron chi connectivity index (χ2n) is 7.60. The molecule has 4 aromatic rings. The lowest BCUT2D eigenvalue weighted by molar-refractivity contribution is -0.143. The van der Waals surface area contributed by atoms with Gasteiger partial charge in [0.1, 0.15) is 0 Å². The Morgan fingerprint density at radius 1 is 1.03 bits per heavy atom. The van der Waals surface area contributed by atoms with E-state index < -0.39 is 23.3 Å². The van der Waals surface area contributed by atoms with Gasteiger partial charge in [0, 0.05) is 21.5 Å². The molecule has 0 aliphatic heterocycles. The lowest BCUT2D eigenvalue weighted by Gasteiger charge is -2.12. The van der Waals surface area contributed by atoms with E-state index in [4.69, 9.17) is 4.74 Å². The first kappa shape index (κ1) is 24.3. The van der Waals surface area contributed by atoms with Crippen LogP contribution < -0.4 is 10.1 Å². The predicted molar refractivity (Wildman–Crippen MR) is 125 cm³/mol. The fourth-order valence-electron chi connectivity index (χ4n) is 3.24. The number of hydrogen-bond donors (Lipinski definition) is 1. The lowest BCUT2D eigenvalue weighted by atomic mass is 10.2. The van der Waals surface area contributed by atoms with Gasteiger partial charge in [0.2, 0.25) is 5.88 Å². The summed E-state index contributed by atoms with van der Waals surface area (Å²) in [7, 11) is 1.36. The van der Waals surface area contributed by atoms with Gasteiger partial charge < -0.3 is 10.1 Å². The second-order valence-corrected chi connectivity index (χ2v) is 8.72. The summed E-state index contributed by atoms with van der Waals surface area (Å²) in [5.41, 5.74) is 0.741. The monoisotopic (exact) mass is 499 g/mol. The minimum absolute atomic E-state index is 0.131. The normalized spacial score (nSPS) is 11.4. The maximum Gasteiger partial charge on any atom is 0.434 e. The van der Waals surface area contributed by atoms with Crippen molar-refractivity contribution in [2.75, 3.05) is 12.4 Å². The Balaban J connectivity index is 1.55. The number of hydrogen-bond acceptors (Lipinski definition) is 6. The number of carbonyl (C=O) groups is 1. The van der Waals surface area contributed by atoms with E-state index in [1.807, 2.05) is 26.0 Å². The molecule has 4 rings (SSSR count). The van der Waals surface area contributed by atoms with Crippen molar-refractivity contribution in [1.29, 1.82) is 0 Å². The zero-order chi connectivity index (χ0) is 25.2. The summed E-state index contributed by atoms with van der Waals surface area (Å²) in [5.74, 6) is -1.02. The van der Waals surface area contributed by atoms with Crippen molar-refractivity contribution in [1.82, 2.24) is 20.0 Å². The average molecular weight is 500 g/mol. The van der Waals surface area contributed by atoms with Gasteiger partial charge in [-0.3, -0.25) is 4.79 Å². The fourth-order valence-corrected chi connectivity index (χ4v) is 4.24. The third kappa shape index (κ3) is 5.46. The van der Waals surface area contributed by atoms with E-state index in [0.717, 1.165) is 27.1 Å². The molecule has 2 heterocycles. The molecule has 0 aliphatic carbocycles. The van der Waals surface area contributed by atoms with E-state index in [2.05, 4.69) is 26.7 Å².